The van der Waals surface area contributed by atoms with Gasteiger partial charge in [-0.25, -0.2) is 12.4 Å². The van der Waals surface area contributed by atoms with Crippen LogP contribution in [0.3, 0.4) is 0 Å². The van der Waals surface area contributed by atoms with Gasteiger partial charge >= 0.3 is 0 Å². The number of aryl methyl sites for hydroxylation is 1. The van der Waals surface area contributed by atoms with Gasteiger partial charge in [0.15, 0.2) is 0 Å². The van der Waals surface area contributed by atoms with Gasteiger partial charge < -0.3 is 10.2 Å². The minimum absolute atomic E-state index is 0.347. The molecule has 1 aliphatic heterocycles. The average Bonchev–Trinajstić information content (AvgIpc) is 3.07. The number of benzene rings is 2. The second kappa shape index (κ2) is 6.20. The Hall–Kier alpha value is -2.31. The van der Waals surface area contributed by atoms with Crippen LogP contribution in [0, 0.1) is 6.92 Å². The number of fused-ring (bicyclic) bond motifs is 1. The van der Waals surface area contributed by atoms with Gasteiger partial charge in [-0.2, -0.15) is 0 Å². The Morgan fingerprint density at radius 3 is 2.48 bits per heavy atom. The molecule has 0 bridgehead atoms. The van der Waals surface area contributed by atoms with E-state index in [1.165, 1.54) is 3.97 Å². The van der Waals surface area contributed by atoms with E-state index in [-0.39, 0.29) is 0 Å². The van der Waals surface area contributed by atoms with E-state index >= 15 is 0 Å². The first-order chi connectivity index (χ1) is 12.1. The van der Waals surface area contributed by atoms with Gasteiger partial charge in [0, 0.05) is 43.4 Å². The Morgan fingerprint density at radius 1 is 0.960 bits per heavy atom. The lowest BCUT2D eigenvalue weighted by molar-refractivity contribution is 0.588. The first kappa shape index (κ1) is 16.2. The van der Waals surface area contributed by atoms with Gasteiger partial charge in [-0.3, -0.25) is 0 Å². The third-order valence-corrected chi connectivity index (χ3v) is 6.61. The fraction of sp³-hybridized carbons (Fsp3) is 0.263. The van der Waals surface area contributed by atoms with Gasteiger partial charge in [-0.05, 0) is 36.8 Å². The minimum Gasteiger partial charge on any atom is -0.368 e. The number of hydrogen-bond donors (Lipinski definition) is 1. The Morgan fingerprint density at radius 2 is 1.72 bits per heavy atom. The predicted molar refractivity (Wildman–Crippen MR) is 101 cm³/mol. The Kier molecular flexibility index (Phi) is 4.01. The zero-order chi connectivity index (χ0) is 17.4. The third-order valence-electron chi connectivity index (χ3n) is 4.76. The van der Waals surface area contributed by atoms with E-state index in [9.17, 15) is 8.42 Å². The molecule has 4 rings (SSSR count). The van der Waals surface area contributed by atoms with E-state index in [1.54, 1.807) is 18.3 Å². The number of rotatable bonds is 3. The van der Waals surface area contributed by atoms with Crippen LogP contribution in [0.2, 0.25) is 0 Å². The number of piperazine rings is 1. The maximum absolute atomic E-state index is 13.2. The second-order valence-corrected chi connectivity index (χ2v) is 8.11. The van der Waals surface area contributed by atoms with Crippen molar-refractivity contribution in [3.05, 3.63) is 60.3 Å². The summed E-state index contributed by atoms with van der Waals surface area (Å²) in [6.45, 7) is 5.56. The Labute approximate surface area is 147 Å². The highest BCUT2D eigenvalue weighted by Crippen LogP contribution is 2.30. The van der Waals surface area contributed by atoms with Crippen LogP contribution in [0.15, 0.2) is 59.6 Å². The lowest BCUT2D eigenvalue weighted by Crippen LogP contribution is -2.43. The molecule has 1 fully saturated rings. The highest BCUT2D eigenvalue weighted by molar-refractivity contribution is 7.90. The van der Waals surface area contributed by atoms with Crippen molar-refractivity contribution in [2.45, 2.75) is 11.8 Å². The van der Waals surface area contributed by atoms with Gasteiger partial charge in [0.05, 0.1) is 10.4 Å². The summed E-state index contributed by atoms with van der Waals surface area (Å²) >= 11 is 0. The van der Waals surface area contributed by atoms with Crippen LogP contribution >= 0.6 is 0 Å². The van der Waals surface area contributed by atoms with Crippen molar-refractivity contribution in [1.82, 2.24) is 9.29 Å². The molecule has 2 heterocycles. The lowest BCUT2D eigenvalue weighted by Gasteiger charge is -2.30. The van der Waals surface area contributed by atoms with Crippen LogP contribution in [0.5, 0.6) is 0 Å². The fourth-order valence-electron chi connectivity index (χ4n) is 3.47. The number of nitrogens with zero attached hydrogens (tertiary/aromatic N) is 2. The number of nitrogens with one attached hydrogen (secondary N) is 1. The number of aromatic nitrogens is 1. The summed E-state index contributed by atoms with van der Waals surface area (Å²) in [4.78, 5) is 2.66. The molecular formula is C19H21N3O2S. The highest BCUT2D eigenvalue weighted by Gasteiger charge is 2.22. The molecule has 6 heteroatoms. The molecule has 0 saturated carbocycles. The first-order valence-electron chi connectivity index (χ1n) is 8.46. The van der Waals surface area contributed by atoms with Crippen LogP contribution in [0.25, 0.3) is 10.9 Å². The Bertz CT molecular complexity index is 1020. The molecule has 130 valence electrons. The molecule has 1 saturated heterocycles. The molecule has 0 radical (unpaired) electrons. The van der Waals surface area contributed by atoms with E-state index in [0.29, 0.717) is 4.90 Å². The summed E-state index contributed by atoms with van der Waals surface area (Å²) in [5.41, 5.74) is 2.57. The normalized spacial score (nSPS) is 15.6. The van der Waals surface area contributed by atoms with Crippen LogP contribution in [0.1, 0.15) is 5.56 Å². The smallest absolute Gasteiger partial charge is 0.268 e. The highest BCUT2D eigenvalue weighted by atomic mass is 32.2. The summed E-state index contributed by atoms with van der Waals surface area (Å²) in [6.07, 6.45) is 1.66. The summed E-state index contributed by atoms with van der Waals surface area (Å²) < 4.78 is 27.7. The molecule has 0 spiro atoms. The summed E-state index contributed by atoms with van der Waals surface area (Å²) in [6, 6.07) is 14.9. The van der Waals surface area contributed by atoms with Crippen molar-refractivity contribution in [3.63, 3.8) is 0 Å². The molecule has 1 aromatic heterocycles. The largest absolute Gasteiger partial charge is 0.368 e. The summed E-state index contributed by atoms with van der Waals surface area (Å²) in [5.74, 6) is 0. The molecule has 3 aromatic rings. The maximum atomic E-state index is 13.2. The predicted octanol–water partition coefficient (Wildman–Crippen LogP) is 2.60. The number of anilines is 1. The van der Waals surface area contributed by atoms with E-state index < -0.39 is 10.0 Å². The molecule has 0 atom stereocenters. The second-order valence-electron chi connectivity index (χ2n) is 6.33. The van der Waals surface area contributed by atoms with E-state index in [2.05, 4.69) is 16.3 Å². The van der Waals surface area contributed by atoms with Gasteiger partial charge in [0.1, 0.15) is 0 Å². The van der Waals surface area contributed by atoms with Crippen LogP contribution < -0.4 is 10.2 Å². The molecule has 0 unspecified atom stereocenters. The Balaban J connectivity index is 1.86. The zero-order valence-corrected chi connectivity index (χ0v) is 15.0. The van der Waals surface area contributed by atoms with Crippen LogP contribution in [0.4, 0.5) is 5.69 Å². The van der Waals surface area contributed by atoms with Crippen molar-refractivity contribution >= 4 is 26.6 Å². The van der Waals surface area contributed by atoms with Crippen LogP contribution in [-0.2, 0) is 10.0 Å². The molecule has 25 heavy (non-hydrogen) atoms. The molecule has 5 nitrogen and oxygen atoms in total. The monoisotopic (exact) mass is 355 g/mol. The van der Waals surface area contributed by atoms with Gasteiger partial charge in [0.25, 0.3) is 10.0 Å². The minimum atomic E-state index is -3.61. The van der Waals surface area contributed by atoms with E-state index in [1.807, 2.05) is 37.3 Å². The standard InChI is InChI=1S/C19H21N3O2S/c1-15-5-2-3-8-19(15)25(23,24)22-12-9-16-17(6-4-7-18(16)22)21-13-10-20-11-14-21/h2-9,12,20H,10-11,13-14H2,1H3. The van der Waals surface area contributed by atoms with Crippen molar-refractivity contribution in [2.24, 2.45) is 0 Å². The molecule has 2 aromatic carbocycles. The summed E-state index contributed by atoms with van der Waals surface area (Å²) in [7, 11) is -3.61. The SMILES string of the molecule is Cc1ccccc1S(=O)(=O)n1ccc2c(N3CCNCC3)cccc21. The molecule has 0 aliphatic carbocycles. The molecule has 0 amide bonds. The molecule has 1 N–H and O–H groups in total. The fourth-order valence-corrected chi connectivity index (χ4v) is 5.05. The van der Waals surface area contributed by atoms with E-state index in [0.717, 1.165) is 48.3 Å². The van der Waals surface area contributed by atoms with Crippen molar-refractivity contribution in [2.75, 3.05) is 31.1 Å². The quantitative estimate of drug-likeness (QED) is 0.785. The number of hydrogen-bond acceptors (Lipinski definition) is 4. The zero-order valence-electron chi connectivity index (χ0n) is 14.1. The van der Waals surface area contributed by atoms with Gasteiger partial charge in [0.2, 0.25) is 0 Å². The topological polar surface area (TPSA) is 54.3 Å². The van der Waals surface area contributed by atoms with Crippen molar-refractivity contribution in [1.29, 1.82) is 0 Å². The van der Waals surface area contributed by atoms with E-state index in [4.69, 9.17) is 0 Å². The van der Waals surface area contributed by atoms with Crippen molar-refractivity contribution in [3.8, 4) is 0 Å². The van der Waals surface area contributed by atoms with Gasteiger partial charge in [-0.15, -0.1) is 0 Å². The lowest BCUT2D eigenvalue weighted by atomic mass is 10.2. The van der Waals surface area contributed by atoms with Gasteiger partial charge in [-0.1, -0.05) is 24.3 Å². The third kappa shape index (κ3) is 2.71. The molecule has 1 aliphatic rings. The van der Waals surface area contributed by atoms with Crippen LogP contribution in [-0.4, -0.2) is 38.6 Å². The average molecular weight is 355 g/mol. The molecular weight excluding hydrogens is 334 g/mol. The summed E-state index contributed by atoms with van der Waals surface area (Å²) in [5, 5.41) is 4.32. The van der Waals surface area contributed by atoms with Crippen molar-refractivity contribution < 1.29 is 8.42 Å². The maximum Gasteiger partial charge on any atom is 0.268 e. The first-order valence-corrected chi connectivity index (χ1v) is 9.90.